The second-order valence-electron chi connectivity index (χ2n) is 7.90. The van der Waals surface area contributed by atoms with Crippen molar-refractivity contribution in [3.8, 4) is 11.3 Å². The van der Waals surface area contributed by atoms with Gasteiger partial charge in [0.25, 0.3) is 0 Å². The fourth-order valence-corrected chi connectivity index (χ4v) is 3.92. The summed E-state index contributed by atoms with van der Waals surface area (Å²) in [6.07, 6.45) is 5.87. The number of hydrogen-bond donors (Lipinski definition) is 3. The van der Waals surface area contributed by atoms with Crippen LogP contribution in [0.1, 0.15) is 43.4 Å². The predicted octanol–water partition coefficient (Wildman–Crippen LogP) is 3.02. The topological polar surface area (TPSA) is 82.2 Å². The zero-order valence-corrected chi connectivity index (χ0v) is 16.0. The Balaban J connectivity index is 1.40. The van der Waals surface area contributed by atoms with E-state index in [0.29, 0.717) is 6.04 Å². The minimum atomic E-state index is -0.130. The van der Waals surface area contributed by atoms with Crippen molar-refractivity contribution in [2.75, 3.05) is 23.3 Å². The lowest BCUT2D eigenvalue weighted by Gasteiger charge is -2.27. The highest BCUT2D eigenvalue weighted by atomic mass is 16.2. The van der Waals surface area contributed by atoms with Gasteiger partial charge in [-0.25, -0.2) is 14.8 Å². The largest absolute Gasteiger partial charge is 0.341 e. The molecule has 0 spiro atoms. The number of carbonyl (C=O) groups excluding carboxylic acids is 1. The molecule has 5 rings (SSSR count). The SMILES string of the molecule is O=C(Nc1ccc(-c2nc(N3CCCCC3)nc3c2CNC3)cc1)NC1CC1. The molecule has 1 saturated heterocycles. The van der Waals surface area contributed by atoms with Gasteiger partial charge in [-0.1, -0.05) is 12.1 Å². The van der Waals surface area contributed by atoms with Gasteiger partial charge in [-0.15, -0.1) is 0 Å². The Hall–Kier alpha value is -2.67. The number of nitrogens with zero attached hydrogens (tertiary/aromatic N) is 3. The monoisotopic (exact) mass is 378 g/mol. The molecular weight excluding hydrogens is 352 g/mol. The zero-order valence-electron chi connectivity index (χ0n) is 16.0. The van der Waals surface area contributed by atoms with Crippen LogP contribution in [0.5, 0.6) is 0 Å². The van der Waals surface area contributed by atoms with Gasteiger partial charge in [-0.3, -0.25) is 0 Å². The number of anilines is 2. The second kappa shape index (κ2) is 7.39. The van der Waals surface area contributed by atoms with Crippen LogP contribution in [0.4, 0.5) is 16.4 Å². The number of rotatable bonds is 4. The van der Waals surface area contributed by atoms with Gasteiger partial charge in [0.2, 0.25) is 5.95 Å². The number of fused-ring (bicyclic) bond motifs is 1. The van der Waals surface area contributed by atoms with E-state index in [1.54, 1.807) is 0 Å². The quantitative estimate of drug-likeness (QED) is 0.762. The molecule has 1 saturated carbocycles. The third-order valence-corrected chi connectivity index (χ3v) is 5.64. The first-order valence-corrected chi connectivity index (χ1v) is 10.3. The summed E-state index contributed by atoms with van der Waals surface area (Å²) in [5.74, 6) is 0.850. The summed E-state index contributed by atoms with van der Waals surface area (Å²) in [6.45, 7) is 3.66. The Labute approximate surface area is 164 Å². The number of piperidine rings is 1. The van der Waals surface area contributed by atoms with Crippen LogP contribution in [0.3, 0.4) is 0 Å². The highest BCUT2D eigenvalue weighted by Gasteiger charge is 2.24. The molecule has 1 aromatic carbocycles. The van der Waals surface area contributed by atoms with Crippen LogP contribution in [0.2, 0.25) is 0 Å². The second-order valence-corrected chi connectivity index (χ2v) is 7.90. The molecule has 3 aliphatic rings. The van der Waals surface area contributed by atoms with Gasteiger partial charge in [-0.2, -0.15) is 0 Å². The molecule has 1 aromatic heterocycles. The Morgan fingerprint density at radius 2 is 1.82 bits per heavy atom. The Morgan fingerprint density at radius 3 is 2.57 bits per heavy atom. The van der Waals surface area contributed by atoms with E-state index in [1.165, 1.54) is 24.8 Å². The summed E-state index contributed by atoms with van der Waals surface area (Å²) in [7, 11) is 0. The summed E-state index contributed by atoms with van der Waals surface area (Å²) < 4.78 is 0. The van der Waals surface area contributed by atoms with Gasteiger partial charge in [0, 0.05) is 49.0 Å². The van der Waals surface area contributed by atoms with Gasteiger partial charge in [0.15, 0.2) is 0 Å². The Kier molecular flexibility index (Phi) is 4.60. The van der Waals surface area contributed by atoms with Crippen LogP contribution in [0.25, 0.3) is 11.3 Å². The van der Waals surface area contributed by atoms with Gasteiger partial charge in [0.1, 0.15) is 0 Å². The molecule has 7 nitrogen and oxygen atoms in total. The lowest BCUT2D eigenvalue weighted by molar-refractivity contribution is 0.251. The molecular formula is C21H26N6O. The van der Waals surface area contributed by atoms with Crippen molar-refractivity contribution in [1.82, 2.24) is 20.6 Å². The van der Waals surface area contributed by atoms with Crippen LogP contribution in [-0.4, -0.2) is 35.1 Å². The van der Waals surface area contributed by atoms with Crippen molar-refractivity contribution in [2.45, 2.75) is 51.2 Å². The standard InChI is InChI=1S/C21H26N6O/c28-21(24-16-8-9-16)23-15-6-4-14(5-7-15)19-17-12-22-13-18(17)25-20(26-19)27-10-2-1-3-11-27/h4-7,16,22H,1-3,8-13H2,(H2,23,24,28). The molecule has 7 heteroatoms. The number of aromatic nitrogens is 2. The van der Waals surface area contributed by atoms with Crippen molar-refractivity contribution in [2.24, 2.45) is 0 Å². The molecule has 2 aliphatic heterocycles. The van der Waals surface area contributed by atoms with Crippen molar-refractivity contribution in [3.05, 3.63) is 35.5 Å². The number of hydrogen-bond acceptors (Lipinski definition) is 5. The molecule has 0 unspecified atom stereocenters. The predicted molar refractivity (Wildman–Crippen MR) is 109 cm³/mol. The molecule has 0 radical (unpaired) electrons. The van der Waals surface area contributed by atoms with Crippen LogP contribution >= 0.6 is 0 Å². The van der Waals surface area contributed by atoms with E-state index < -0.39 is 0 Å². The summed E-state index contributed by atoms with van der Waals surface area (Å²) in [6, 6.07) is 8.18. The first-order chi connectivity index (χ1) is 13.8. The van der Waals surface area contributed by atoms with Gasteiger partial charge < -0.3 is 20.9 Å². The molecule has 3 heterocycles. The number of carbonyl (C=O) groups is 1. The van der Waals surface area contributed by atoms with E-state index in [9.17, 15) is 4.79 Å². The number of benzene rings is 1. The molecule has 2 amide bonds. The average Bonchev–Trinajstić information content (AvgIpc) is 3.40. The summed E-state index contributed by atoms with van der Waals surface area (Å²) >= 11 is 0. The fraction of sp³-hybridized carbons (Fsp3) is 0.476. The lowest BCUT2D eigenvalue weighted by Crippen LogP contribution is -2.31. The Morgan fingerprint density at radius 1 is 1.04 bits per heavy atom. The Bertz CT molecular complexity index is 871. The van der Waals surface area contributed by atoms with Crippen LogP contribution < -0.4 is 20.9 Å². The summed E-state index contributed by atoms with van der Waals surface area (Å²) in [4.78, 5) is 24.0. The molecule has 146 valence electrons. The first kappa shape index (κ1) is 17.4. The molecule has 28 heavy (non-hydrogen) atoms. The molecule has 3 N–H and O–H groups in total. The molecule has 1 aliphatic carbocycles. The third kappa shape index (κ3) is 3.67. The summed E-state index contributed by atoms with van der Waals surface area (Å²) in [5.41, 5.74) is 5.16. The van der Waals surface area contributed by atoms with Gasteiger partial charge >= 0.3 is 6.03 Å². The molecule has 2 aromatic rings. The van der Waals surface area contributed by atoms with Crippen molar-refractivity contribution >= 4 is 17.7 Å². The number of urea groups is 1. The molecule has 0 atom stereocenters. The number of amides is 2. The van der Waals surface area contributed by atoms with E-state index in [-0.39, 0.29) is 6.03 Å². The van der Waals surface area contributed by atoms with E-state index in [1.807, 2.05) is 24.3 Å². The highest BCUT2D eigenvalue weighted by molar-refractivity contribution is 5.90. The van der Waals surface area contributed by atoms with Crippen LogP contribution in [0, 0.1) is 0 Å². The minimum absolute atomic E-state index is 0.130. The highest BCUT2D eigenvalue weighted by Crippen LogP contribution is 2.30. The van der Waals surface area contributed by atoms with Crippen molar-refractivity contribution in [1.29, 1.82) is 0 Å². The van der Waals surface area contributed by atoms with Gasteiger partial charge in [-0.05, 0) is 44.2 Å². The third-order valence-electron chi connectivity index (χ3n) is 5.64. The lowest BCUT2D eigenvalue weighted by atomic mass is 10.1. The maximum Gasteiger partial charge on any atom is 0.319 e. The van der Waals surface area contributed by atoms with E-state index in [2.05, 4.69) is 20.9 Å². The fourth-order valence-electron chi connectivity index (χ4n) is 3.92. The molecule has 2 fully saturated rings. The molecule has 0 bridgehead atoms. The van der Waals surface area contributed by atoms with Crippen molar-refractivity contribution in [3.63, 3.8) is 0 Å². The average molecular weight is 378 g/mol. The minimum Gasteiger partial charge on any atom is -0.341 e. The maximum absolute atomic E-state index is 11.9. The summed E-state index contributed by atoms with van der Waals surface area (Å²) in [5, 5.41) is 9.25. The number of nitrogens with one attached hydrogen (secondary N) is 3. The van der Waals surface area contributed by atoms with Crippen molar-refractivity contribution < 1.29 is 4.79 Å². The smallest absolute Gasteiger partial charge is 0.319 e. The first-order valence-electron chi connectivity index (χ1n) is 10.3. The van der Waals surface area contributed by atoms with Crippen LogP contribution in [-0.2, 0) is 13.1 Å². The van der Waals surface area contributed by atoms with E-state index in [0.717, 1.165) is 67.6 Å². The van der Waals surface area contributed by atoms with Crippen LogP contribution in [0.15, 0.2) is 24.3 Å². The van der Waals surface area contributed by atoms with E-state index >= 15 is 0 Å². The van der Waals surface area contributed by atoms with Gasteiger partial charge in [0.05, 0.1) is 11.4 Å². The van der Waals surface area contributed by atoms with E-state index in [4.69, 9.17) is 9.97 Å². The normalized spacial score (nSPS) is 18.6. The maximum atomic E-state index is 11.9. The zero-order chi connectivity index (χ0) is 18.9.